The third-order valence-electron chi connectivity index (χ3n) is 6.61. The summed E-state index contributed by atoms with van der Waals surface area (Å²) in [6.45, 7) is 6.99. The molecule has 1 N–H and O–H groups in total. The number of rotatable bonds is 9. The Morgan fingerprint density at radius 2 is 1.81 bits per heavy atom. The Morgan fingerprint density at radius 1 is 1.11 bits per heavy atom. The van der Waals surface area contributed by atoms with Crippen LogP contribution in [-0.2, 0) is 19.9 Å². The second kappa shape index (κ2) is 9.99. The number of carbonyl (C=O) groups excluding carboxylic acids is 3. The van der Waals surface area contributed by atoms with Crippen LogP contribution in [0.15, 0.2) is 66.8 Å². The molecule has 36 heavy (non-hydrogen) atoms. The lowest BCUT2D eigenvalue weighted by Crippen LogP contribution is -2.52. The number of hydrogen-bond acceptors (Lipinski definition) is 6. The Bertz CT molecular complexity index is 1230. The molecule has 2 aliphatic rings. The van der Waals surface area contributed by atoms with Gasteiger partial charge in [0.2, 0.25) is 0 Å². The van der Waals surface area contributed by atoms with Crippen LogP contribution in [0.5, 0.6) is 5.75 Å². The fraction of sp³-hybridized carbons (Fsp3) is 0.321. The van der Waals surface area contributed by atoms with Crippen molar-refractivity contribution in [1.29, 1.82) is 0 Å². The quantitative estimate of drug-likeness (QED) is 0.252. The molecule has 0 aliphatic carbocycles. The molecule has 0 saturated carbocycles. The van der Waals surface area contributed by atoms with Gasteiger partial charge >= 0.3 is 0 Å². The topological polar surface area (TPSA) is 90.4 Å². The Kier molecular flexibility index (Phi) is 6.99. The number of carbonyl (C=O) groups is 3. The van der Waals surface area contributed by atoms with E-state index in [1.54, 1.807) is 53.4 Å². The van der Waals surface area contributed by atoms with Gasteiger partial charge in [-0.1, -0.05) is 30.9 Å². The standard InChI is InChI=1S/C28H31N3O5/c1-5-18-36-20-14-12-19(13-15-20)24(32)23-25(33)26(34)31(17-9-16-29(3)4)28(23)21-10-7-8-11-22(21)30(6-2)27(28)35/h5,7-8,10-15,32H,1,6,9,16-18H2,2-4H3/t28-/m0/s1. The van der Waals surface area contributed by atoms with Gasteiger partial charge in [0.1, 0.15) is 18.1 Å². The number of aliphatic hydroxyl groups excluding tert-OH is 1. The second-order valence-electron chi connectivity index (χ2n) is 9.07. The van der Waals surface area contributed by atoms with Gasteiger partial charge in [-0.3, -0.25) is 14.4 Å². The van der Waals surface area contributed by atoms with Crippen LogP contribution >= 0.6 is 0 Å². The molecule has 0 aromatic heterocycles. The maximum atomic E-state index is 14.1. The van der Waals surface area contributed by atoms with E-state index in [9.17, 15) is 19.5 Å². The molecule has 188 valence electrons. The molecule has 1 spiro atoms. The molecular weight excluding hydrogens is 458 g/mol. The van der Waals surface area contributed by atoms with E-state index in [0.29, 0.717) is 48.7 Å². The summed E-state index contributed by atoms with van der Waals surface area (Å²) in [6.07, 6.45) is 2.17. The third kappa shape index (κ3) is 3.87. The van der Waals surface area contributed by atoms with E-state index in [0.717, 1.165) is 0 Å². The number of nitrogens with zero attached hydrogens (tertiary/aromatic N) is 3. The van der Waals surface area contributed by atoms with Crippen molar-refractivity contribution < 1.29 is 24.2 Å². The van der Waals surface area contributed by atoms with Gasteiger partial charge in [0, 0.05) is 24.2 Å². The summed E-state index contributed by atoms with van der Waals surface area (Å²) in [7, 11) is 3.84. The number of aliphatic hydroxyl groups is 1. The molecule has 2 amide bonds. The first kappa shape index (κ1) is 25.2. The Morgan fingerprint density at radius 3 is 2.44 bits per heavy atom. The minimum atomic E-state index is -1.73. The zero-order chi connectivity index (χ0) is 26.0. The Balaban J connectivity index is 1.92. The van der Waals surface area contributed by atoms with Crippen molar-refractivity contribution in [2.75, 3.05) is 45.2 Å². The fourth-order valence-electron chi connectivity index (χ4n) is 5.03. The molecule has 4 rings (SSSR count). The smallest absolute Gasteiger partial charge is 0.296 e. The van der Waals surface area contributed by atoms with Gasteiger partial charge in [-0.05, 0) is 64.3 Å². The van der Waals surface area contributed by atoms with Gasteiger partial charge in [0.05, 0.1) is 11.3 Å². The third-order valence-corrected chi connectivity index (χ3v) is 6.61. The molecule has 1 saturated heterocycles. The monoisotopic (exact) mass is 489 g/mol. The summed E-state index contributed by atoms with van der Waals surface area (Å²) in [5.74, 6) is -1.90. The van der Waals surface area contributed by atoms with Crippen molar-refractivity contribution in [3.63, 3.8) is 0 Å². The number of para-hydroxylation sites is 1. The van der Waals surface area contributed by atoms with Gasteiger partial charge in [0.15, 0.2) is 5.54 Å². The number of likely N-dealkylation sites (N-methyl/N-ethyl adjacent to an activating group) is 1. The Labute approximate surface area is 211 Å². The number of ether oxygens (including phenoxy) is 1. The first-order valence-electron chi connectivity index (χ1n) is 12.0. The number of benzene rings is 2. The highest BCUT2D eigenvalue weighted by atomic mass is 16.5. The average Bonchev–Trinajstić information content (AvgIpc) is 3.25. The van der Waals surface area contributed by atoms with Crippen LogP contribution in [0, 0.1) is 0 Å². The number of anilines is 1. The van der Waals surface area contributed by atoms with Crippen LogP contribution in [0.25, 0.3) is 5.76 Å². The predicted octanol–water partition coefficient (Wildman–Crippen LogP) is 3.15. The number of ketones is 1. The van der Waals surface area contributed by atoms with E-state index in [1.807, 2.05) is 32.0 Å². The van der Waals surface area contributed by atoms with Gasteiger partial charge < -0.3 is 24.5 Å². The van der Waals surface area contributed by atoms with E-state index < -0.39 is 23.1 Å². The van der Waals surface area contributed by atoms with Crippen molar-refractivity contribution in [2.45, 2.75) is 18.9 Å². The maximum absolute atomic E-state index is 14.1. The highest BCUT2D eigenvalue weighted by molar-refractivity contribution is 6.50. The Hall–Kier alpha value is -3.91. The zero-order valence-electron chi connectivity index (χ0n) is 20.9. The molecule has 8 nitrogen and oxygen atoms in total. The molecule has 2 aliphatic heterocycles. The summed E-state index contributed by atoms with van der Waals surface area (Å²) < 4.78 is 5.51. The first-order valence-corrected chi connectivity index (χ1v) is 12.0. The number of Topliss-reactive ketones (excluding diaryl/α,β-unsaturated/α-hetero) is 1. The van der Waals surface area contributed by atoms with Crippen molar-refractivity contribution in [1.82, 2.24) is 9.80 Å². The van der Waals surface area contributed by atoms with Gasteiger partial charge in [0.25, 0.3) is 17.6 Å². The first-order chi connectivity index (χ1) is 17.3. The molecule has 2 aromatic carbocycles. The molecular formula is C28H31N3O5. The molecule has 1 fully saturated rings. The van der Waals surface area contributed by atoms with E-state index >= 15 is 0 Å². The summed E-state index contributed by atoms with van der Waals surface area (Å²) in [5.41, 5.74) is -0.468. The minimum absolute atomic E-state index is 0.186. The molecule has 0 radical (unpaired) electrons. The molecule has 8 heteroatoms. The number of likely N-dealkylation sites (tertiary alicyclic amines) is 1. The van der Waals surface area contributed by atoms with Crippen LogP contribution in [-0.4, -0.2) is 72.8 Å². The predicted molar refractivity (Wildman–Crippen MR) is 138 cm³/mol. The van der Waals surface area contributed by atoms with Crippen molar-refractivity contribution in [3.05, 3.63) is 77.9 Å². The number of hydrogen-bond donors (Lipinski definition) is 1. The van der Waals surface area contributed by atoms with Crippen molar-refractivity contribution in [3.8, 4) is 5.75 Å². The van der Waals surface area contributed by atoms with Crippen LogP contribution < -0.4 is 9.64 Å². The number of fused-ring (bicyclic) bond motifs is 2. The van der Waals surface area contributed by atoms with Crippen LogP contribution in [0.2, 0.25) is 0 Å². The minimum Gasteiger partial charge on any atom is -0.507 e. The van der Waals surface area contributed by atoms with Gasteiger partial charge in [-0.2, -0.15) is 0 Å². The summed E-state index contributed by atoms with van der Waals surface area (Å²) in [5, 5.41) is 11.5. The second-order valence-corrected chi connectivity index (χ2v) is 9.07. The average molecular weight is 490 g/mol. The molecule has 0 bridgehead atoms. The highest BCUT2D eigenvalue weighted by Crippen LogP contribution is 2.53. The van der Waals surface area contributed by atoms with Gasteiger partial charge in [-0.15, -0.1) is 0 Å². The molecule has 2 heterocycles. The van der Waals surface area contributed by atoms with Crippen LogP contribution in [0.1, 0.15) is 24.5 Å². The maximum Gasteiger partial charge on any atom is 0.296 e. The summed E-state index contributed by atoms with van der Waals surface area (Å²) in [4.78, 5) is 46.0. The lowest BCUT2D eigenvalue weighted by Gasteiger charge is -2.34. The lowest BCUT2D eigenvalue weighted by molar-refractivity contribution is -0.143. The molecule has 2 aromatic rings. The van der Waals surface area contributed by atoms with E-state index in [1.165, 1.54) is 4.90 Å². The van der Waals surface area contributed by atoms with Crippen molar-refractivity contribution >= 4 is 29.0 Å². The van der Waals surface area contributed by atoms with E-state index in [4.69, 9.17) is 4.74 Å². The summed E-state index contributed by atoms with van der Waals surface area (Å²) >= 11 is 0. The summed E-state index contributed by atoms with van der Waals surface area (Å²) in [6, 6.07) is 13.7. The zero-order valence-corrected chi connectivity index (χ0v) is 20.9. The number of amides is 2. The lowest BCUT2D eigenvalue weighted by atomic mass is 9.82. The van der Waals surface area contributed by atoms with E-state index in [-0.39, 0.29) is 17.9 Å². The van der Waals surface area contributed by atoms with Crippen LogP contribution in [0.4, 0.5) is 5.69 Å². The van der Waals surface area contributed by atoms with Crippen molar-refractivity contribution in [2.24, 2.45) is 0 Å². The fourth-order valence-corrected chi connectivity index (χ4v) is 5.03. The molecule has 1 atom stereocenters. The normalized spacial score (nSPS) is 20.5. The van der Waals surface area contributed by atoms with Crippen LogP contribution in [0.3, 0.4) is 0 Å². The largest absolute Gasteiger partial charge is 0.507 e. The van der Waals surface area contributed by atoms with E-state index in [2.05, 4.69) is 6.58 Å². The highest BCUT2D eigenvalue weighted by Gasteiger charge is 2.66. The molecule has 0 unspecified atom stereocenters. The SMILES string of the molecule is C=CCOc1ccc(C(O)=C2C(=O)C(=O)N(CCCN(C)C)[C@]23C(=O)N(CC)c2ccccc23)cc1. The van der Waals surface area contributed by atoms with Gasteiger partial charge in [-0.25, -0.2) is 0 Å².